The van der Waals surface area contributed by atoms with Crippen molar-refractivity contribution in [2.45, 2.75) is 0 Å². The van der Waals surface area contributed by atoms with Crippen LogP contribution in [0.15, 0.2) is 30.9 Å². The zero-order chi connectivity index (χ0) is 11.7. The fourth-order valence-electron chi connectivity index (χ4n) is 1.58. The summed E-state index contributed by atoms with van der Waals surface area (Å²) in [4.78, 5) is 24.0. The number of carbonyl (C=O) groups excluding carboxylic acids is 2. The van der Waals surface area contributed by atoms with Crippen molar-refractivity contribution >= 4 is 23.2 Å². The van der Waals surface area contributed by atoms with Gasteiger partial charge in [-0.05, 0) is 18.2 Å². The Morgan fingerprint density at radius 2 is 2.31 bits per heavy atom. The lowest BCUT2D eigenvalue weighted by atomic mass is 10.2. The number of benzene rings is 1. The fourth-order valence-corrected chi connectivity index (χ4v) is 1.58. The smallest absolute Gasteiger partial charge is 0.250 e. The third kappa shape index (κ3) is 1.56. The Kier molecular flexibility index (Phi) is 2.44. The van der Waals surface area contributed by atoms with Crippen LogP contribution in [0.25, 0.3) is 0 Å². The van der Waals surface area contributed by atoms with Gasteiger partial charge in [0.05, 0.1) is 5.69 Å². The molecule has 5 heteroatoms. The van der Waals surface area contributed by atoms with Gasteiger partial charge in [-0.3, -0.25) is 14.5 Å². The summed E-state index contributed by atoms with van der Waals surface area (Å²) in [5.74, 6) is -1.41. The maximum atomic E-state index is 13.4. The second-order valence-corrected chi connectivity index (χ2v) is 3.31. The molecule has 0 spiro atoms. The Morgan fingerprint density at radius 3 is 3.00 bits per heavy atom. The quantitative estimate of drug-likeness (QED) is 0.725. The van der Waals surface area contributed by atoms with E-state index in [1.54, 1.807) is 6.07 Å². The molecule has 0 atom stereocenters. The van der Waals surface area contributed by atoms with Gasteiger partial charge in [0.2, 0.25) is 5.91 Å². The van der Waals surface area contributed by atoms with Gasteiger partial charge in [0, 0.05) is 0 Å². The first kappa shape index (κ1) is 10.4. The average molecular weight is 220 g/mol. The number of hydrogen-bond donors (Lipinski definition) is 1. The molecule has 0 saturated carbocycles. The summed E-state index contributed by atoms with van der Waals surface area (Å²) in [6.07, 6.45) is 1.09. The Morgan fingerprint density at radius 1 is 1.56 bits per heavy atom. The summed E-state index contributed by atoms with van der Waals surface area (Å²) in [6.45, 7) is 3.22. The van der Waals surface area contributed by atoms with Crippen LogP contribution in [0.5, 0.6) is 0 Å². The predicted molar refractivity (Wildman–Crippen MR) is 57.6 cm³/mol. The lowest BCUT2D eigenvalue weighted by Gasteiger charge is -2.28. The van der Waals surface area contributed by atoms with Crippen molar-refractivity contribution in [1.29, 1.82) is 0 Å². The number of fused-ring (bicyclic) bond motifs is 1. The van der Waals surface area contributed by atoms with Gasteiger partial charge >= 0.3 is 0 Å². The molecule has 0 bridgehead atoms. The Balaban J connectivity index is 2.54. The molecule has 1 aliphatic heterocycles. The SMILES string of the molecule is C=CC(=O)N1CC(=O)Nc2c(F)cccc21. The largest absolute Gasteiger partial charge is 0.320 e. The molecule has 2 amide bonds. The van der Waals surface area contributed by atoms with E-state index in [0.717, 1.165) is 6.08 Å². The van der Waals surface area contributed by atoms with Crippen LogP contribution in [-0.2, 0) is 9.59 Å². The summed E-state index contributed by atoms with van der Waals surface area (Å²) in [5, 5.41) is 2.39. The van der Waals surface area contributed by atoms with E-state index in [4.69, 9.17) is 0 Å². The third-order valence-electron chi connectivity index (χ3n) is 2.29. The van der Waals surface area contributed by atoms with E-state index < -0.39 is 17.6 Å². The highest BCUT2D eigenvalue weighted by molar-refractivity contribution is 6.12. The molecule has 1 aromatic carbocycles. The first-order chi connectivity index (χ1) is 7.63. The first-order valence-electron chi connectivity index (χ1n) is 4.66. The first-order valence-corrected chi connectivity index (χ1v) is 4.66. The van der Waals surface area contributed by atoms with E-state index in [2.05, 4.69) is 11.9 Å². The van der Waals surface area contributed by atoms with E-state index in [0.29, 0.717) is 5.69 Å². The zero-order valence-corrected chi connectivity index (χ0v) is 8.37. The summed E-state index contributed by atoms with van der Waals surface area (Å²) in [7, 11) is 0. The molecule has 1 N–H and O–H groups in total. The predicted octanol–water partition coefficient (Wildman–Crippen LogP) is 1.30. The lowest BCUT2D eigenvalue weighted by molar-refractivity contribution is -0.119. The standard InChI is InChI=1S/C11H9FN2O2/c1-2-10(16)14-6-9(15)13-11-7(12)4-3-5-8(11)14/h2-5H,1,6H2,(H,13,15). The number of para-hydroxylation sites is 1. The Bertz CT molecular complexity index is 485. The van der Waals surface area contributed by atoms with Crippen LogP contribution in [0, 0.1) is 5.82 Å². The van der Waals surface area contributed by atoms with Gasteiger partial charge in [0.25, 0.3) is 5.91 Å². The molecular formula is C11H9FN2O2. The number of halogens is 1. The van der Waals surface area contributed by atoms with Crippen molar-refractivity contribution in [3.05, 3.63) is 36.7 Å². The topological polar surface area (TPSA) is 49.4 Å². The maximum Gasteiger partial charge on any atom is 0.250 e. The van der Waals surface area contributed by atoms with Crippen LogP contribution >= 0.6 is 0 Å². The summed E-state index contributed by atoms with van der Waals surface area (Å²) < 4.78 is 13.4. The van der Waals surface area contributed by atoms with E-state index in [-0.39, 0.29) is 12.2 Å². The molecule has 0 aliphatic carbocycles. The number of amides is 2. The second kappa shape index (κ2) is 3.77. The number of anilines is 2. The van der Waals surface area contributed by atoms with Crippen LogP contribution in [0.1, 0.15) is 0 Å². The van der Waals surface area contributed by atoms with Gasteiger partial charge in [-0.1, -0.05) is 12.6 Å². The van der Waals surface area contributed by atoms with Gasteiger partial charge in [0.15, 0.2) is 0 Å². The molecular weight excluding hydrogens is 211 g/mol. The molecule has 0 unspecified atom stereocenters. The van der Waals surface area contributed by atoms with Crippen molar-refractivity contribution in [1.82, 2.24) is 0 Å². The Hall–Kier alpha value is -2.17. The van der Waals surface area contributed by atoms with Gasteiger partial charge in [-0.15, -0.1) is 0 Å². The van der Waals surface area contributed by atoms with Gasteiger partial charge in [0.1, 0.15) is 18.0 Å². The molecule has 2 rings (SSSR count). The summed E-state index contributed by atoms with van der Waals surface area (Å²) >= 11 is 0. The zero-order valence-electron chi connectivity index (χ0n) is 8.37. The van der Waals surface area contributed by atoms with Gasteiger partial charge in [-0.2, -0.15) is 0 Å². The minimum absolute atomic E-state index is 0.0361. The van der Waals surface area contributed by atoms with E-state index in [1.807, 2.05) is 0 Å². The highest BCUT2D eigenvalue weighted by atomic mass is 19.1. The number of carbonyl (C=O) groups is 2. The van der Waals surface area contributed by atoms with E-state index >= 15 is 0 Å². The van der Waals surface area contributed by atoms with Crippen LogP contribution in [0.3, 0.4) is 0 Å². The number of rotatable bonds is 1. The minimum Gasteiger partial charge on any atom is -0.320 e. The van der Waals surface area contributed by atoms with Crippen molar-refractivity contribution in [2.75, 3.05) is 16.8 Å². The molecule has 1 aliphatic rings. The normalized spacial score (nSPS) is 14.1. The van der Waals surface area contributed by atoms with E-state index in [1.165, 1.54) is 17.0 Å². The lowest BCUT2D eigenvalue weighted by Crippen LogP contribution is -2.41. The maximum absolute atomic E-state index is 13.4. The summed E-state index contributed by atoms with van der Waals surface area (Å²) in [6, 6.07) is 4.27. The summed E-state index contributed by atoms with van der Waals surface area (Å²) in [5.41, 5.74) is 0.387. The molecule has 82 valence electrons. The van der Waals surface area contributed by atoms with Crippen LogP contribution < -0.4 is 10.2 Å². The number of nitrogens with zero attached hydrogens (tertiary/aromatic N) is 1. The monoisotopic (exact) mass is 220 g/mol. The second-order valence-electron chi connectivity index (χ2n) is 3.31. The highest BCUT2D eigenvalue weighted by Crippen LogP contribution is 2.31. The minimum atomic E-state index is -0.563. The third-order valence-corrected chi connectivity index (χ3v) is 2.29. The molecule has 0 radical (unpaired) electrons. The van der Waals surface area contributed by atoms with Gasteiger partial charge < -0.3 is 5.32 Å². The van der Waals surface area contributed by atoms with Crippen molar-refractivity contribution in [2.24, 2.45) is 0 Å². The highest BCUT2D eigenvalue weighted by Gasteiger charge is 2.27. The molecule has 0 saturated heterocycles. The average Bonchev–Trinajstić information content (AvgIpc) is 2.28. The van der Waals surface area contributed by atoms with Crippen LogP contribution in [0.4, 0.5) is 15.8 Å². The molecule has 1 aromatic rings. The molecule has 0 aromatic heterocycles. The molecule has 16 heavy (non-hydrogen) atoms. The Labute approximate surface area is 91.4 Å². The van der Waals surface area contributed by atoms with Crippen LogP contribution in [-0.4, -0.2) is 18.4 Å². The molecule has 0 fully saturated rings. The number of nitrogens with one attached hydrogen (secondary N) is 1. The van der Waals surface area contributed by atoms with Crippen molar-refractivity contribution < 1.29 is 14.0 Å². The fraction of sp³-hybridized carbons (Fsp3) is 0.0909. The van der Waals surface area contributed by atoms with E-state index in [9.17, 15) is 14.0 Å². The van der Waals surface area contributed by atoms with Crippen molar-refractivity contribution in [3.63, 3.8) is 0 Å². The van der Waals surface area contributed by atoms with Crippen LogP contribution in [0.2, 0.25) is 0 Å². The number of hydrogen-bond acceptors (Lipinski definition) is 2. The molecule has 4 nitrogen and oxygen atoms in total. The van der Waals surface area contributed by atoms with Crippen molar-refractivity contribution in [3.8, 4) is 0 Å². The molecule has 1 heterocycles. The van der Waals surface area contributed by atoms with Gasteiger partial charge in [-0.25, -0.2) is 4.39 Å².